The largest absolute Gasteiger partial charge is 0.324 e. The summed E-state index contributed by atoms with van der Waals surface area (Å²) >= 11 is 3.43. The monoisotopic (exact) mass is 678 g/mol. The van der Waals surface area contributed by atoms with Crippen LogP contribution in [0.2, 0.25) is 0 Å². The van der Waals surface area contributed by atoms with Crippen LogP contribution < -0.4 is 22.1 Å². The summed E-state index contributed by atoms with van der Waals surface area (Å²) in [4.78, 5) is 56.8. The van der Waals surface area contributed by atoms with E-state index < -0.39 is 24.2 Å². The highest BCUT2D eigenvalue weighted by Gasteiger charge is 2.55. The van der Waals surface area contributed by atoms with Crippen LogP contribution in [0.5, 0.6) is 0 Å². The fourth-order valence-electron chi connectivity index (χ4n) is 7.55. The molecule has 4 aliphatic rings. The van der Waals surface area contributed by atoms with Gasteiger partial charge in [0, 0.05) is 11.4 Å². The summed E-state index contributed by atoms with van der Waals surface area (Å²) in [6.45, 7) is 8.17. The van der Waals surface area contributed by atoms with Crippen molar-refractivity contribution in [2.24, 2.45) is 22.3 Å². The number of carbonyl (C=O) groups excluding carboxylic acids is 4. The molecule has 4 heterocycles. The number of nitrogens with zero attached hydrogens (tertiary/aromatic N) is 2. The van der Waals surface area contributed by atoms with E-state index >= 15 is 0 Å². The normalized spacial score (nSPS) is 29.8. The minimum atomic E-state index is -0.585. The molecule has 4 aliphatic heterocycles. The van der Waals surface area contributed by atoms with Crippen molar-refractivity contribution in [3.05, 3.63) is 59.7 Å². The highest BCUT2D eigenvalue weighted by atomic mass is 32.2. The molecule has 6 atom stereocenters. The third-order valence-corrected chi connectivity index (χ3v) is 12.5. The lowest BCUT2D eigenvalue weighted by Crippen LogP contribution is -2.53. The van der Waals surface area contributed by atoms with Gasteiger partial charge in [-0.25, -0.2) is 0 Å². The lowest BCUT2D eigenvalue weighted by Gasteiger charge is -2.33. The molecule has 2 unspecified atom stereocenters. The van der Waals surface area contributed by atoms with Crippen LogP contribution in [0.3, 0.4) is 0 Å². The molecule has 0 radical (unpaired) electrons. The number of hydrogen-bond acceptors (Lipinski definition) is 8. The Morgan fingerprint density at radius 2 is 1.06 bits per heavy atom. The molecule has 2 aromatic rings. The molecule has 47 heavy (non-hydrogen) atoms. The van der Waals surface area contributed by atoms with Crippen molar-refractivity contribution in [3.8, 4) is 0 Å². The number of nitrogens with two attached hydrogens (primary N) is 2. The van der Waals surface area contributed by atoms with E-state index in [1.165, 1.54) is 0 Å². The van der Waals surface area contributed by atoms with E-state index in [-0.39, 0.29) is 45.2 Å². The zero-order valence-electron chi connectivity index (χ0n) is 27.5. The fourth-order valence-corrected chi connectivity index (χ4v) is 10.7. The van der Waals surface area contributed by atoms with Gasteiger partial charge in [-0.2, -0.15) is 0 Å². The molecule has 4 amide bonds. The molecule has 6 rings (SSSR count). The third kappa shape index (κ3) is 6.79. The van der Waals surface area contributed by atoms with Gasteiger partial charge in [0.2, 0.25) is 23.6 Å². The molecular formula is C35H46N6O4S2. The standard InChI is InChI=1S/C35H46N6O4S2/c1-34(2)18-26-40(32(44)24(36)13-15-46-26)28(34)30(42)38-22-9-5-20(6-10-22)17-21-7-11-23(12-8-21)39-31(43)29-35(3,4)19-27-41(29)33(45)25(37)14-16-47-27/h5-12,24-29H,13-19,36-37H2,1-4H3,(H,38,42)(H,39,43)/t24-,25-,26-,27-,28?,29?/m0/s1. The molecule has 6 N–H and O–H groups in total. The van der Waals surface area contributed by atoms with Gasteiger partial charge < -0.3 is 31.9 Å². The lowest BCUT2D eigenvalue weighted by molar-refractivity contribution is -0.140. The number of fused-ring (bicyclic) bond motifs is 2. The van der Waals surface area contributed by atoms with Crippen LogP contribution in [0.15, 0.2) is 48.5 Å². The molecule has 4 fully saturated rings. The molecule has 4 saturated heterocycles. The number of nitrogens with one attached hydrogen (secondary N) is 2. The molecule has 252 valence electrons. The van der Waals surface area contributed by atoms with Gasteiger partial charge >= 0.3 is 0 Å². The van der Waals surface area contributed by atoms with Crippen LogP contribution >= 0.6 is 23.5 Å². The fraction of sp³-hybridized carbons (Fsp3) is 0.543. The summed E-state index contributed by atoms with van der Waals surface area (Å²) in [5, 5.41) is 6.02. The summed E-state index contributed by atoms with van der Waals surface area (Å²) < 4.78 is 0. The SMILES string of the molecule is CC1(C)C[C@@H]2SCC[C@H](N)C(=O)N2C1C(=O)Nc1ccc(Cc2ccc(NC(=O)C3N4C(=O)[C@@H](N)CCS[C@H]4CC3(C)C)cc2)cc1. The maximum absolute atomic E-state index is 13.6. The topological polar surface area (TPSA) is 151 Å². The Kier molecular flexibility index (Phi) is 9.43. The van der Waals surface area contributed by atoms with Crippen molar-refractivity contribution < 1.29 is 19.2 Å². The van der Waals surface area contributed by atoms with Crippen molar-refractivity contribution in [1.82, 2.24) is 9.80 Å². The van der Waals surface area contributed by atoms with Crippen LogP contribution in [0.1, 0.15) is 64.5 Å². The summed E-state index contributed by atoms with van der Waals surface area (Å²) in [6.07, 6.45) is 3.42. The summed E-state index contributed by atoms with van der Waals surface area (Å²) in [5.74, 6) is 0.963. The van der Waals surface area contributed by atoms with Crippen LogP contribution in [0.4, 0.5) is 11.4 Å². The van der Waals surface area contributed by atoms with Gasteiger partial charge in [-0.1, -0.05) is 52.0 Å². The molecule has 0 bridgehead atoms. The van der Waals surface area contributed by atoms with Crippen molar-refractivity contribution in [2.45, 2.75) is 94.7 Å². The van der Waals surface area contributed by atoms with E-state index in [1.54, 1.807) is 33.3 Å². The highest BCUT2D eigenvalue weighted by Crippen LogP contribution is 2.47. The van der Waals surface area contributed by atoms with E-state index in [1.807, 2.05) is 76.2 Å². The van der Waals surface area contributed by atoms with Gasteiger partial charge in [-0.3, -0.25) is 19.2 Å². The molecule has 2 aromatic carbocycles. The second kappa shape index (κ2) is 13.1. The van der Waals surface area contributed by atoms with Crippen LogP contribution in [0.25, 0.3) is 0 Å². The zero-order valence-corrected chi connectivity index (χ0v) is 29.2. The first kappa shape index (κ1) is 33.8. The van der Waals surface area contributed by atoms with Gasteiger partial charge in [0.1, 0.15) is 12.1 Å². The number of anilines is 2. The average molecular weight is 679 g/mol. The number of benzene rings is 2. The van der Waals surface area contributed by atoms with E-state index in [4.69, 9.17) is 11.5 Å². The maximum Gasteiger partial charge on any atom is 0.247 e. The molecular weight excluding hydrogens is 633 g/mol. The summed E-state index contributed by atoms with van der Waals surface area (Å²) in [6, 6.07) is 13.2. The van der Waals surface area contributed by atoms with Gasteiger partial charge in [-0.15, -0.1) is 23.5 Å². The quantitative estimate of drug-likeness (QED) is 0.358. The molecule has 0 aromatic heterocycles. The van der Waals surface area contributed by atoms with Crippen LogP contribution in [-0.2, 0) is 25.6 Å². The summed E-state index contributed by atoms with van der Waals surface area (Å²) in [5.41, 5.74) is 15.0. The van der Waals surface area contributed by atoms with Gasteiger partial charge in [0.05, 0.1) is 22.8 Å². The second-order valence-electron chi connectivity index (χ2n) is 14.7. The first-order valence-corrected chi connectivity index (χ1v) is 18.5. The number of thioether (sulfide) groups is 2. The average Bonchev–Trinajstić information content (AvgIpc) is 3.34. The maximum atomic E-state index is 13.6. The van der Waals surface area contributed by atoms with Crippen LogP contribution in [0, 0.1) is 10.8 Å². The molecule has 0 aliphatic carbocycles. The number of carbonyl (C=O) groups is 4. The van der Waals surface area contributed by atoms with Gasteiger partial charge in [-0.05, 0) is 89.8 Å². The third-order valence-electron chi connectivity index (χ3n) is 10.0. The van der Waals surface area contributed by atoms with E-state index in [9.17, 15) is 19.2 Å². The van der Waals surface area contributed by atoms with Crippen LogP contribution in [-0.4, -0.2) is 79.8 Å². The molecule has 12 heteroatoms. The predicted molar refractivity (Wildman–Crippen MR) is 189 cm³/mol. The minimum absolute atomic E-state index is 0.0349. The number of hydrogen-bond donors (Lipinski definition) is 4. The number of rotatable bonds is 6. The smallest absolute Gasteiger partial charge is 0.247 e. The zero-order chi connectivity index (χ0) is 33.7. The van der Waals surface area contributed by atoms with Crippen molar-refractivity contribution in [2.75, 3.05) is 22.1 Å². The van der Waals surface area contributed by atoms with E-state index in [0.29, 0.717) is 30.6 Å². The number of amides is 4. The Balaban J connectivity index is 1.07. The Bertz CT molecular complexity index is 1420. The predicted octanol–water partition coefficient (Wildman–Crippen LogP) is 3.99. The molecule has 0 saturated carbocycles. The molecule has 0 spiro atoms. The Morgan fingerprint density at radius 1 is 0.702 bits per heavy atom. The van der Waals surface area contributed by atoms with E-state index in [0.717, 1.165) is 35.5 Å². The minimum Gasteiger partial charge on any atom is -0.324 e. The first-order chi connectivity index (χ1) is 22.2. The van der Waals surface area contributed by atoms with Crippen molar-refractivity contribution in [3.63, 3.8) is 0 Å². The first-order valence-electron chi connectivity index (χ1n) is 16.4. The van der Waals surface area contributed by atoms with Crippen molar-refractivity contribution >= 4 is 58.5 Å². The highest BCUT2D eigenvalue weighted by molar-refractivity contribution is 8.00. The Labute approximate surface area is 285 Å². The second-order valence-corrected chi connectivity index (χ2v) is 17.2. The summed E-state index contributed by atoms with van der Waals surface area (Å²) in [7, 11) is 0. The Morgan fingerprint density at radius 3 is 1.43 bits per heavy atom. The molecule has 10 nitrogen and oxygen atoms in total. The van der Waals surface area contributed by atoms with Gasteiger partial charge in [0.15, 0.2) is 0 Å². The van der Waals surface area contributed by atoms with Gasteiger partial charge in [0.25, 0.3) is 0 Å². The Hall–Kier alpha value is -3.06. The van der Waals surface area contributed by atoms with E-state index in [2.05, 4.69) is 10.6 Å². The lowest BCUT2D eigenvalue weighted by atomic mass is 9.84. The van der Waals surface area contributed by atoms with Crippen molar-refractivity contribution in [1.29, 1.82) is 0 Å².